The fourth-order valence-corrected chi connectivity index (χ4v) is 1.77. The van der Waals surface area contributed by atoms with Crippen molar-refractivity contribution in [3.63, 3.8) is 0 Å². The van der Waals surface area contributed by atoms with Gasteiger partial charge in [-0.05, 0) is 18.2 Å². The summed E-state index contributed by atoms with van der Waals surface area (Å²) in [7, 11) is 1.26. The van der Waals surface area contributed by atoms with E-state index in [1.165, 1.54) is 13.3 Å². The summed E-state index contributed by atoms with van der Waals surface area (Å²) >= 11 is 11.7. The number of carbonyl (C=O) groups is 1. The maximum atomic E-state index is 11.2. The second-order valence-electron chi connectivity index (χ2n) is 3.47. The Balaban J connectivity index is 0.00000106. The van der Waals surface area contributed by atoms with Crippen LogP contribution in [-0.4, -0.2) is 18.1 Å². The summed E-state index contributed by atoms with van der Waals surface area (Å²) in [4.78, 5) is 15.0. The van der Waals surface area contributed by atoms with Gasteiger partial charge in [0.25, 0.3) is 0 Å². The molecule has 5 nitrogen and oxygen atoms in total. The molecule has 0 radical (unpaired) electrons. The average Bonchev–Trinajstić information content (AvgIpc) is 2.96. The van der Waals surface area contributed by atoms with Crippen LogP contribution in [0, 0.1) is 0 Å². The smallest absolute Gasteiger partial charge is 0.375 e. The Morgan fingerprint density at radius 3 is 2.67 bits per heavy atom. The number of rotatable bonds is 4. The zero-order valence-electron chi connectivity index (χ0n) is 11.9. The quantitative estimate of drug-likeness (QED) is 0.778. The van der Waals surface area contributed by atoms with Gasteiger partial charge in [-0.15, -0.1) is 0 Å². The van der Waals surface area contributed by atoms with Gasteiger partial charge in [0.2, 0.25) is 11.7 Å². The van der Waals surface area contributed by atoms with Gasteiger partial charge >= 0.3 is 5.97 Å². The van der Waals surface area contributed by atoms with Crippen LogP contribution >= 0.6 is 23.2 Å². The van der Waals surface area contributed by atoms with Crippen molar-refractivity contribution >= 4 is 29.2 Å². The van der Waals surface area contributed by atoms with Crippen molar-refractivity contribution < 1.29 is 18.7 Å². The standard InChI is InChI=1S/C12H9Cl2NO4.C2H6/c1-17-12(16)10-5-15-11(19-10)6-18-9-3-2-7(13)4-8(9)14;1-2/h2-5H,6H2,1H3;1-2H3. The van der Waals surface area contributed by atoms with E-state index in [0.29, 0.717) is 15.8 Å². The van der Waals surface area contributed by atoms with Gasteiger partial charge in [0.1, 0.15) is 5.75 Å². The van der Waals surface area contributed by atoms with Gasteiger partial charge in [-0.1, -0.05) is 37.0 Å². The number of hydrogen-bond donors (Lipinski definition) is 0. The van der Waals surface area contributed by atoms with E-state index in [4.69, 9.17) is 32.4 Å². The van der Waals surface area contributed by atoms with Gasteiger partial charge in [-0.2, -0.15) is 0 Å². The minimum absolute atomic E-state index is 0.0169. The molecule has 0 aliphatic carbocycles. The molecule has 1 heterocycles. The van der Waals surface area contributed by atoms with Crippen LogP contribution in [0.4, 0.5) is 0 Å². The zero-order chi connectivity index (χ0) is 15.8. The summed E-state index contributed by atoms with van der Waals surface area (Å²) < 4.78 is 15.0. The Kier molecular flexibility index (Phi) is 7.05. The minimum atomic E-state index is -0.594. The third-order valence-corrected chi connectivity index (χ3v) is 2.72. The van der Waals surface area contributed by atoms with Crippen LogP contribution < -0.4 is 4.74 Å². The summed E-state index contributed by atoms with van der Waals surface area (Å²) in [5.74, 6) is 0.113. The van der Waals surface area contributed by atoms with Crippen LogP contribution in [0.25, 0.3) is 0 Å². The highest BCUT2D eigenvalue weighted by atomic mass is 35.5. The minimum Gasteiger partial charge on any atom is -0.482 e. The second-order valence-corrected chi connectivity index (χ2v) is 4.32. The average molecular weight is 332 g/mol. The van der Waals surface area contributed by atoms with Crippen molar-refractivity contribution in [2.24, 2.45) is 0 Å². The number of carbonyl (C=O) groups excluding carboxylic acids is 1. The first-order valence-electron chi connectivity index (χ1n) is 6.21. The van der Waals surface area contributed by atoms with Crippen LogP contribution in [0.5, 0.6) is 5.75 Å². The third kappa shape index (κ3) is 4.95. The molecule has 7 heteroatoms. The molecule has 21 heavy (non-hydrogen) atoms. The van der Waals surface area contributed by atoms with Gasteiger partial charge in [0, 0.05) is 5.02 Å². The number of oxazole rings is 1. The number of nitrogens with zero attached hydrogens (tertiary/aromatic N) is 1. The number of methoxy groups -OCH3 is 1. The molecule has 0 aliphatic rings. The highest BCUT2D eigenvalue weighted by Crippen LogP contribution is 2.28. The van der Waals surface area contributed by atoms with E-state index in [2.05, 4.69) is 9.72 Å². The molecule has 114 valence electrons. The summed E-state index contributed by atoms with van der Waals surface area (Å²) in [5.41, 5.74) is 0. The normalized spacial score (nSPS) is 9.57. The van der Waals surface area contributed by atoms with Gasteiger partial charge in [0.05, 0.1) is 18.3 Å². The molecular weight excluding hydrogens is 317 g/mol. The molecule has 0 spiro atoms. The molecule has 0 saturated heterocycles. The van der Waals surface area contributed by atoms with Crippen molar-refractivity contribution in [2.45, 2.75) is 20.5 Å². The van der Waals surface area contributed by atoms with E-state index >= 15 is 0 Å². The SMILES string of the molecule is CC.COC(=O)c1cnc(COc2ccc(Cl)cc2Cl)o1. The monoisotopic (exact) mass is 331 g/mol. The van der Waals surface area contributed by atoms with Crippen molar-refractivity contribution in [3.8, 4) is 5.75 Å². The molecule has 1 aromatic carbocycles. The lowest BCUT2D eigenvalue weighted by Crippen LogP contribution is -1.99. The lowest BCUT2D eigenvalue weighted by atomic mass is 10.3. The van der Waals surface area contributed by atoms with Gasteiger partial charge in [-0.3, -0.25) is 0 Å². The van der Waals surface area contributed by atoms with E-state index < -0.39 is 5.97 Å². The second kappa shape index (κ2) is 8.54. The molecule has 0 unspecified atom stereocenters. The highest BCUT2D eigenvalue weighted by Gasteiger charge is 2.13. The molecular formula is C14H15Cl2NO4. The number of esters is 1. The van der Waals surface area contributed by atoms with Crippen molar-refractivity contribution in [1.29, 1.82) is 0 Å². The van der Waals surface area contributed by atoms with E-state index in [9.17, 15) is 4.79 Å². The molecule has 0 saturated carbocycles. The Morgan fingerprint density at radius 2 is 2.05 bits per heavy atom. The molecule has 0 fully saturated rings. The molecule has 0 amide bonds. The van der Waals surface area contributed by atoms with Crippen molar-refractivity contribution in [1.82, 2.24) is 4.98 Å². The number of benzene rings is 1. The molecule has 2 aromatic rings. The van der Waals surface area contributed by atoms with Gasteiger partial charge in [-0.25, -0.2) is 9.78 Å². The molecule has 0 bridgehead atoms. The summed E-state index contributed by atoms with van der Waals surface area (Å²) in [6.45, 7) is 4.04. The molecule has 1 aromatic heterocycles. The van der Waals surface area contributed by atoms with Crippen LogP contribution in [-0.2, 0) is 11.3 Å². The maximum Gasteiger partial charge on any atom is 0.375 e. The predicted molar refractivity (Wildman–Crippen MR) is 80.0 cm³/mol. The highest BCUT2D eigenvalue weighted by molar-refractivity contribution is 6.35. The zero-order valence-corrected chi connectivity index (χ0v) is 13.4. The summed E-state index contributed by atoms with van der Waals surface area (Å²) in [5, 5.41) is 0.897. The summed E-state index contributed by atoms with van der Waals surface area (Å²) in [6, 6.07) is 4.85. The topological polar surface area (TPSA) is 61.6 Å². The Bertz CT molecular complexity index is 598. The van der Waals surface area contributed by atoms with Gasteiger partial charge < -0.3 is 13.9 Å². The summed E-state index contributed by atoms with van der Waals surface area (Å²) in [6.07, 6.45) is 1.27. The largest absolute Gasteiger partial charge is 0.482 e. The molecule has 2 rings (SSSR count). The lowest BCUT2D eigenvalue weighted by molar-refractivity contribution is 0.0561. The fourth-order valence-electron chi connectivity index (χ4n) is 1.30. The molecule has 0 atom stereocenters. The number of aromatic nitrogens is 1. The first-order chi connectivity index (χ1) is 10.1. The number of halogens is 2. The Labute approximate surface area is 132 Å². The maximum absolute atomic E-state index is 11.2. The third-order valence-electron chi connectivity index (χ3n) is 2.19. The number of hydrogen-bond acceptors (Lipinski definition) is 5. The lowest BCUT2D eigenvalue weighted by Gasteiger charge is -2.05. The van der Waals surface area contributed by atoms with Crippen molar-refractivity contribution in [2.75, 3.05) is 7.11 Å². The van der Waals surface area contributed by atoms with Crippen LogP contribution in [0.3, 0.4) is 0 Å². The predicted octanol–water partition coefficient (Wildman–Crippen LogP) is 4.37. The van der Waals surface area contributed by atoms with E-state index in [0.717, 1.165) is 0 Å². The van der Waals surface area contributed by atoms with Crippen LogP contribution in [0.15, 0.2) is 28.8 Å². The van der Waals surface area contributed by atoms with E-state index in [1.54, 1.807) is 18.2 Å². The molecule has 0 N–H and O–H groups in total. The van der Waals surface area contributed by atoms with Crippen LogP contribution in [0.2, 0.25) is 10.0 Å². The first-order valence-corrected chi connectivity index (χ1v) is 6.96. The fraction of sp³-hybridized carbons (Fsp3) is 0.286. The Morgan fingerprint density at radius 1 is 1.33 bits per heavy atom. The van der Waals surface area contributed by atoms with E-state index in [-0.39, 0.29) is 18.3 Å². The van der Waals surface area contributed by atoms with Gasteiger partial charge in [0.15, 0.2) is 6.61 Å². The van der Waals surface area contributed by atoms with Crippen molar-refractivity contribution in [3.05, 3.63) is 46.1 Å². The number of ether oxygens (including phenoxy) is 2. The first kappa shape index (κ1) is 17.3. The van der Waals surface area contributed by atoms with E-state index in [1.807, 2.05) is 13.8 Å². The van der Waals surface area contributed by atoms with Crippen LogP contribution in [0.1, 0.15) is 30.3 Å². The Hall–Kier alpha value is -1.72. The molecule has 0 aliphatic heterocycles.